The lowest BCUT2D eigenvalue weighted by Gasteiger charge is -2.31. The molecule has 0 fully saturated rings. The number of aliphatic hydroxyl groups is 1. The van der Waals surface area contributed by atoms with Gasteiger partial charge in [0.25, 0.3) is 0 Å². The van der Waals surface area contributed by atoms with Crippen LogP contribution in [-0.4, -0.2) is 113 Å². The fourth-order valence-corrected chi connectivity index (χ4v) is 6.32. The monoisotopic (exact) mass is 574 g/mol. The maximum Gasteiger partial charge on any atom is 0.322 e. The Labute approximate surface area is 223 Å². The first-order chi connectivity index (χ1) is 17.8. The smallest absolute Gasteiger partial charge is 0.322 e. The average molecular weight is 575 g/mol. The molecule has 1 aliphatic rings. The van der Waals surface area contributed by atoms with Gasteiger partial charge in [-0.05, 0) is 18.6 Å². The number of hydrogen-bond donors (Lipinski definition) is 6. The van der Waals surface area contributed by atoms with Gasteiger partial charge in [0.2, 0.25) is 18.2 Å². The molecule has 0 radical (unpaired) electrons. The van der Waals surface area contributed by atoms with Gasteiger partial charge in [-0.1, -0.05) is 18.2 Å². The van der Waals surface area contributed by atoms with Crippen molar-refractivity contribution in [2.75, 3.05) is 25.1 Å². The number of benzene rings is 1. The van der Waals surface area contributed by atoms with Crippen molar-refractivity contribution in [2.45, 2.75) is 41.5 Å². The zero-order valence-electron chi connectivity index (χ0n) is 20.3. The quantitative estimate of drug-likeness (QED) is 0.131. The van der Waals surface area contributed by atoms with Gasteiger partial charge in [-0.2, -0.15) is 5.10 Å². The van der Waals surface area contributed by atoms with E-state index in [1.165, 1.54) is 30.4 Å². The summed E-state index contributed by atoms with van der Waals surface area (Å²) in [4.78, 5) is 48.2. The van der Waals surface area contributed by atoms with E-state index in [0.717, 1.165) is 16.8 Å². The molecule has 0 saturated carbocycles. The normalized spacial score (nSPS) is 17.5. The number of carboxylic acids is 2. The lowest BCUT2D eigenvalue weighted by Crippen LogP contribution is -2.51. The summed E-state index contributed by atoms with van der Waals surface area (Å²) in [6, 6.07) is 4.97. The van der Waals surface area contributed by atoms with E-state index in [0.29, 0.717) is 0 Å². The van der Waals surface area contributed by atoms with E-state index in [1.54, 1.807) is 18.2 Å². The molecule has 0 bridgehead atoms. The largest absolute Gasteiger partial charge is 0.480 e. The molecule has 2 rings (SSSR count). The van der Waals surface area contributed by atoms with Gasteiger partial charge in [0.05, 0.1) is 10.6 Å². The van der Waals surface area contributed by atoms with E-state index in [4.69, 9.17) is 15.9 Å². The molecular weight excluding hydrogens is 544 g/mol. The van der Waals surface area contributed by atoms with Crippen LogP contribution in [0.2, 0.25) is 0 Å². The molecule has 0 spiro atoms. The Bertz CT molecular complexity index is 1140. The van der Waals surface area contributed by atoms with E-state index in [9.17, 15) is 32.7 Å². The maximum absolute atomic E-state index is 13.1. The molecule has 38 heavy (non-hydrogen) atoms. The number of aliphatic carboxylic acids is 2. The van der Waals surface area contributed by atoms with Crippen LogP contribution >= 0.6 is 11.8 Å². The second-order valence-corrected chi connectivity index (χ2v) is 11.5. The summed E-state index contributed by atoms with van der Waals surface area (Å²) in [6.45, 7) is -0.731. The number of nitrogens with zero attached hydrogens (tertiary/aromatic N) is 3. The molecule has 1 aliphatic heterocycles. The summed E-state index contributed by atoms with van der Waals surface area (Å²) >= 11 is 0.893. The van der Waals surface area contributed by atoms with Gasteiger partial charge in [-0.15, -0.1) is 11.8 Å². The number of hydrogen-bond acceptors (Lipinski definition) is 12. The van der Waals surface area contributed by atoms with Gasteiger partial charge in [-0.3, -0.25) is 19.2 Å². The fourth-order valence-electron chi connectivity index (χ4n) is 3.14. The van der Waals surface area contributed by atoms with Crippen molar-refractivity contribution < 1.29 is 42.9 Å². The van der Waals surface area contributed by atoms with Crippen LogP contribution in [-0.2, 0) is 29.0 Å². The number of hydrazone groups is 1. The number of carbonyl (C=O) groups is 4. The third kappa shape index (κ3) is 9.16. The molecular formula is C21H30N6O9S2. The summed E-state index contributed by atoms with van der Waals surface area (Å²) < 4.78 is 26.1. The first kappa shape index (κ1) is 30.8. The lowest BCUT2D eigenvalue weighted by atomic mass is 10.1. The van der Waals surface area contributed by atoms with Gasteiger partial charge < -0.3 is 36.6 Å². The molecule has 1 aromatic carbocycles. The second-order valence-electron chi connectivity index (χ2n) is 8.22. The summed E-state index contributed by atoms with van der Waals surface area (Å²) in [7, 11) is -2.36. The molecule has 7 N–H and O–H groups in total. The highest BCUT2D eigenvalue weighted by Crippen LogP contribution is 2.26. The zero-order valence-corrected chi connectivity index (χ0v) is 22.0. The van der Waals surface area contributed by atoms with Crippen molar-refractivity contribution in [3.8, 4) is 0 Å². The van der Waals surface area contributed by atoms with E-state index >= 15 is 0 Å². The standard InChI is InChI=1S/C21H30N6O9S2/c1-26-12-24-27(21(26)34)17(11-38(35,36)13-5-3-2-4-6-13)37-10-15(19(31)23-9-18(29)30)25-16(28)8-7-14(22)20(32)33/h2-6,12,14-15,17,21,34H,7-11,22H2,1H3,(H,23,31)(H,25,28)(H,29,30)(H,32,33)/t14-,15-,17?,21?/m0/s1. The van der Waals surface area contributed by atoms with Crippen molar-refractivity contribution in [2.24, 2.45) is 10.8 Å². The molecule has 15 nitrogen and oxygen atoms in total. The minimum atomic E-state index is -3.88. The van der Waals surface area contributed by atoms with Crippen LogP contribution in [0.15, 0.2) is 40.3 Å². The predicted octanol–water partition coefficient (Wildman–Crippen LogP) is -2.14. The van der Waals surface area contributed by atoms with Gasteiger partial charge >= 0.3 is 11.9 Å². The van der Waals surface area contributed by atoms with Crippen molar-refractivity contribution >= 4 is 51.7 Å². The summed E-state index contributed by atoms with van der Waals surface area (Å²) in [6.07, 6.45) is -0.550. The van der Waals surface area contributed by atoms with Crippen molar-refractivity contribution in [3.05, 3.63) is 30.3 Å². The van der Waals surface area contributed by atoms with Crippen LogP contribution < -0.4 is 16.4 Å². The first-order valence-electron chi connectivity index (χ1n) is 11.2. The molecule has 1 aromatic rings. The number of aliphatic hydroxyl groups excluding tert-OH is 1. The third-order valence-electron chi connectivity index (χ3n) is 5.25. The molecule has 4 atom stereocenters. The molecule has 17 heteroatoms. The topological polar surface area (TPSA) is 232 Å². The van der Waals surface area contributed by atoms with Crippen LogP contribution in [0.5, 0.6) is 0 Å². The van der Waals surface area contributed by atoms with E-state index in [1.807, 2.05) is 0 Å². The average Bonchev–Trinajstić information content (AvgIpc) is 3.20. The predicted molar refractivity (Wildman–Crippen MR) is 136 cm³/mol. The Morgan fingerprint density at radius 2 is 1.84 bits per heavy atom. The molecule has 0 saturated heterocycles. The minimum Gasteiger partial charge on any atom is -0.480 e. The second kappa shape index (κ2) is 13.9. The molecule has 2 unspecified atom stereocenters. The number of carbonyl (C=O) groups excluding carboxylic acids is 2. The summed E-state index contributed by atoms with van der Waals surface area (Å²) in [5, 5.41) is 36.9. The van der Waals surface area contributed by atoms with Crippen molar-refractivity contribution in [1.82, 2.24) is 20.5 Å². The zero-order chi connectivity index (χ0) is 28.5. The van der Waals surface area contributed by atoms with Crippen LogP contribution in [0.4, 0.5) is 0 Å². The fraction of sp³-hybridized carbons (Fsp3) is 0.476. The highest BCUT2D eigenvalue weighted by Gasteiger charge is 2.35. The Hall–Kier alpha value is -3.41. The van der Waals surface area contributed by atoms with Crippen molar-refractivity contribution in [3.63, 3.8) is 0 Å². The molecule has 210 valence electrons. The van der Waals surface area contributed by atoms with E-state index < -0.39 is 69.7 Å². The minimum absolute atomic E-state index is 0.0374. The number of rotatable bonds is 15. The van der Waals surface area contributed by atoms with Crippen LogP contribution in [0.25, 0.3) is 0 Å². The first-order valence-corrected chi connectivity index (χ1v) is 13.9. The van der Waals surface area contributed by atoms with Gasteiger partial charge in [0.1, 0.15) is 30.3 Å². The Kier molecular flexibility index (Phi) is 11.3. The molecule has 1 heterocycles. The molecule has 0 aliphatic carbocycles. The highest BCUT2D eigenvalue weighted by atomic mass is 32.2. The number of nitrogens with one attached hydrogen (secondary N) is 2. The SMILES string of the molecule is CN1C=NN(C(CS(=O)(=O)c2ccccc2)SC[C@H](NC(=O)CC[C@H](N)C(=O)O)C(=O)NCC(=O)O)C1O. The van der Waals surface area contributed by atoms with Gasteiger partial charge in [-0.25, -0.2) is 13.4 Å². The summed E-state index contributed by atoms with van der Waals surface area (Å²) in [5.41, 5.74) is 5.40. The number of sulfone groups is 1. The van der Waals surface area contributed by atoms with E-state index in [-0.39, 0.29) is 23.5 Å². The molecule has 2 amide bonds. The Morgan fingerprint density at radius 1 is 1.18 bits per heavy atom. The number of thioether (sulfide) groups is 1. The Balaban J connectivity index is 2.21. The number of carboxylic acid groups (broad SMARTS) is 2. The molecule has 0 aromatic heterocycles. The third-order valence-corrected chi connectivity index (χ3v) is 8.50. The van der Waals surface area contributed by atoms with Crippen molar-refractivity contribution in [1.29, 1.82) is 0 Å². The van der Waals surface area contributed by atoms with Crippen LogP contribution in [0.1, 0.15) is 12.8 Å². The number of amides is 2. The Morgan fingerprint density at radius 3 is 2.39 bits per heavy atom. The van der Waals surface area contributed by atoms with Gasteiger partial charge in [0.15, 0.2) is 9.84 Å². The summed E-state index contributed by atoms with van der Waals surface area (Å²) in [5.74, 6) is -4.96. The van der Waals surface area contributed by atoms with E-state index in [2.05, 4.69) is 15.7 Å². The van der Waals surface area contributed by atoms with Crippen LogP contribution in [0.3, 0.4) is 0 Å². The highest BCUT2D eigenvalue weighted by molar-refractivity contribution is 8.01. The lowest BCUT2D eigenvalue weighted by molar-refractivity contribution is -0.139. The maximum atomic E-state index is 13.1. The van der Waals surface area contributed by atoms with Crippen LogP contribution in [0, 0.1) is 0 Å². The van der Waals surface area contributed by atoms with Gasteiger partial charge in [0, 0.05) is 19.2 Å². The number of nitrogens with two attached hydrogens (primary N) is 1.